The molecular formula is C17H22BrN3O. The van der Waals surface area contributed by atoms with E-state index in [0.717, 1.165) is 21.4 Å². The standard InChI is InChI=1S/C17H22BrN3O/c1-6-21(13-8-7-11(4)9-12(13)5)17(22)16-14(18)15(10(2)3)19-20-16/h7-10H,6H2,1-5H3,(H,19,20). The summed E-state index contributed by atoms with van der Waals surface area (Å²) in [5.41, 5.74) is 4.59. The average molecular weight is 364 g/mol. The van der Waals surface area contributed by atoms with Crippen LogP contribution in [-0.4, -0.2) is 22.6 Å². The van der Waals surface area contributed by atoms with Gasteiger partial charge in [0.25, 0.3) is 5.91 Å². The van der Waals surface area contributed by atoms with Gasteiger partial charge in [0, 0.05) is 12.2 Å². The van der Waals surface area contributed by atoms with E-state index < -0.39 is 0 Å². The molecule has 0 fully saturated rings. The van der Waals surface area contributed by atoms with Crippen LogP contribution in [0.3, 0.4) is 0 Å². The van der Waals surface area contributed by atoms with Gasteiger partial charge in [-0.05, 0) is 54.2 Å². The molecule has 118 valence electrons. The van der Waals surface area contributed by atoms with Crippen molar-refractivity contribution < 1.29 is 4.79 Å². The first kappa shape index (κ1) is 16.7. The number of carbonyl (C=O) groups excluding carboxylic acids is 1. The van der Waals surface area contributed by atoms with Crippen molar-refractivity contribution in [2.75, 3.05) is 11.4 Å². The number of aromatic nitrogens is 2. The molecule has 5 heteroatoms. The highest BCUT2D eigenvalue weighted by Crippen LogP contribution is 2.29. The summed E-state index contributed by atoms with van der Waals surface area (Å²) in [6, 6.07) is 6.11. The number of aromatic amines is 1. The van der Waals surface area contributed by atoms with E-state index in [1.165, 1.54) is 5.56 Å². The minimum Gasteiger partial charge on any atom is -0.307 e. The van der Waals surface area contributed by atoms with Crippen LogP contribution in [0.5, 0.6) is 0 Å². The predicted octanol–water partition coefficient (Wildman–Crippen LogP) is 4.58. The lowest BCUT2D eigenvalue weighted by molar-refractivity contribution is 0.0982. The summed E-state index contributed by atoms with van der Waals surface area (Å²) in [6.07, 6.45) is 0. The number of aryl methyl sites for hydroxylation is 2. The third kappa shape index (κ3) is 3.09. The van der Waals surface area contributed by atoms with Crippen molar-refractivity contribution >= 4 is 27.5 Å². The van der Waals surface area contributed by atoms with Crippen LogP contribution in [0.15, 0.2) is 22.7 Å². The van der Waals surface area contributed by atoms with E-state index in [0.29, 0.717) is 12.2 Å². The molecular weight excluding hydrogens is 342 g/mol. The van der Waals surface area contributed by atoms with Gasteiger partial charge in [0.1, 0.15) is 0 Å². The van der Waals surface area contributed by atoms with E-state index in [-0.39, 0.29) is 11.8 Å². The number of rotatable bonds is 4. The molecule has 4 nitrogen and oxygen atoms in total. The first-order valence-corrected chi connectivity index (χ1v) is 8.29. The molecule has 0 saturated heterocycles. The zero-order chi connectivity index (χ0) is 16.4. The highest BCUT2D eigenvalue weighted by atomic mass is 79.9. The van der Waals surface area contributed by atoms with E-state index in [1.54, 1.807) is 4.90 Å². The highest BCUT2D eigenvalue weighted by Gasteiger charge is 2.25. The van der Waals surface area contributed by atoms with Gasteiger partial charge in [-0.2, -0.15) is 5.10 Å². The number of hydrogen-bond donors (Lipinski definition) is 1. The average Bonchev–Trinajstić information content (AvgIpc) is 2.83. The number of benzene rings is 1. The quantitative estimate of drug-likeness (QED) is 0.863. The van der Waals surface area contributed by atoms with Gasteiger partial charge in [-0.1, -0.05) is 31.5 Å². The van der Waals surface area contributed by atoms with E-state index >= 15 is 0 Å². The van der Waals surface area contributed by atoms with Crippen LogP contribution in [-0.2, 0) is 0 Å². The summed E-state index contributed by atoms with van der Waals surface area (Å²) >= 11 is 3.51. The first-order chi connectivity index (χ1) is 10.4. The zero-order valence-electron chi connectivity index (χ0n) is 13.7. The predicted molar refractivity (Wildman–Crippen MR) is 93.6 cm³/mol. The van der Waals surface area contributed by atoms with Crippen molar-refractivity contribution in [3.8, 4) is 0 Å². The second-order valence-corrected chi connectivity index (χ2v) is 6.59. The number of H-pyrrole nitrogens is 1. The van der Waals surface area contributed by atoms with Gasteiger partial charge in [-0.3, -0.25) is 9.89 Å². The Hall–Kier alpha value is -1.62. The Morgan fingerprint density at radius 1 is 1.36 bits per heavy atom. The molecule has 1 amide bonds. The van der Waals surface area contributed by atoms with Crippen molar-refractivity contribution in [3.05, 3.63) is 45.2 Å². The summed E-state index contributed by atoms with van der Waals surface area (Å²) < 4.78 is 0.760. The molecule has 1 N–H and O–H groups in total. The summed E-state index contributed by atoms with van der Waals surface area (Å²) in [5.74, 6) is 0.184. The Balaban J connectivity index is 2.41. The normalized spacial score (nSPS) is 11.0. The molecule has 0 radical (unpaired) electrons. The zero-order valence-corrected chi connectivity index (χ0v) is 15.3. The molecule has 22 heavy (non-hydrogen) atoms. The monoisotopic (exact) mass is 363 g/mol. The topological polar surface area (TPSA) is 49.0 Å². The summed E-state index contributed by atoms with van der Waals surface area (Å²) in [5, 5.41) is 7.18. The van der Waals surface area contributed by atoms with Crippen LogP contribution in [0.2, 0.25) is 0 Å². The number of anilines is 1. The van der Waals surface area contributed by atoms with Gasteiger partial charge >= 0.3 is 0 Å². The number of nitrogens with one attached hydrogen (secondary N) is 1. The fraction of sp³-hybridized carbons (Fsp3) is 0.412. The molecule has 0 spiro atoms. The SMILES string of the molecule is CCN(C(=O)c1n[nH]c(C(C)C)c1Br)c1ccc(C)cc1C. The molecule has 0 aliphatic heterocycles. The number of halogens is 1. The van der Waals surface area contributed by atoms with Gasteiger partial charge in [-0.15, -0.1) is 0 Å². The maximum atomic E-state index is 12.9. The van der Waals surface area contributed by atoms with E-state index in [2.05, 4.69) is 46.0 Å². The highest BCUT2D eigenvalue weighted by molar-refractivity contribution is 9.10. The van der Waals surface area contributed by atoms with Crippen molar-refractivity contribution in [2.45, 2.75) is 40.5 Å². The van der Waals surface area contributed by atoms with Crippen LogP contribution in [0, 0.1) is 13.8 Å². The molecule has 0 bridgehead atoms. The molecule has 2 rings (SSSR count). The lowest BCUT2D eigenvalue weighted by Crippen LogP contribution is -2.31. The minimum atomic E-state index is -0.0931. The van der Waals surface area contributed by atoms with Crippen molar-refractivity contribution in [1.82, 2.24) is 10.2 Å². The number of carbonyl (C=O) groups is 1. The molecule has 1 heterocycles. The molecule has 0 aliphatic rings. The van der Waals surface area contributed by atoms with E-state index in [9.17, 15) is 4.79 Å². The maximum Gasteiger partial charge on any atom is 0.279 e. The van der Waals surface area contributed by atoms with Crippen LogP contribution in [0.1, 0.15) is 54.0 Å². The number of amides is 1. The number of hydrogen-bond acceptors (Lipinski definition) is 2. The van der Waals surface area contributed by atoms with Gasteiger partial charge in [0.15, 0.2) is 5.69 Å². The molecule has 1 aromatic heterocycles. The van der Waals surface area contributed by atoms with Gasteiger partial charge in [0.05, 0.1) is 10.2 Å². The van der Waals surface area contributed by atoms with Gasteiger partial charge in [-0.25, -0.2) is 0 Å². The van der Waals surface area contributed by atoms with Gasteiger partial charge in [0.2, 0.25) is 0 Å². The Bertz CT molecular complexity index is 691. The summed E-state index contributed by atoms with van der Waals surface area (Å²) in [7, 11) is 0. The molecule has 0 aliphatic carbocycles. The van der Waals surface area contributed by atoms with Crippen molar-refractivity contribution in [3.63, 3.8) is 0 Å². The molecule has 1 aromatic carbocycles. The fourth-order valence-electron chi connectivity index (χ4n) is 2.53. The smallest absolute Gasteiger partial charge is 0.279 e. The largest absolute Gasteiger partial charge is 0.307 e. The summed E-state index contributed by atoms with van der Waals surface area (Å²) in [6.45, 7) is 10.8. The molecule has 2 aromatic rings. The first-order valence-electron chi connectivity index (χ1n) is 7.49. The van der Waals surface area contributed by atoms with E-state index in [1.807, 2.05) is 32.9 Å². The lowest BCUT2D eigenvalue weighted by atomic mass is 10.1. The fourth-order valence-corrected chi connectivity index (χ4v) is 3.33. The van der Waals surface area contributed by atoms with Crippen molar-refractivity contribution in [2.24, 2.45) is 0 Å². The van der Waals surface area contributed by atoms with Crippen LogP contribution in [0.4, 0.5) is 5.69 Å². The maximum absolute atomic E-state index is 12.9. The Kier molecular flexibility index (Phi) is 5.06. The molecule has 0 atom stereocenters. The Labute approximate surface area is 140 Å². The van der Waals surface area contributed by atoms with Crippen molar-refractivity contribution in [1.29, 1.82) is 0 Å². The Morgan fingerprint density at radius 3 is 2.55 bits per heavy atom. The van der Waals surface area contributed by atoms with Crippen LogP contribution in [0.25, 0.3) is 0 Å². The van der Waals surface area contributed by atoms with Crippen LogP contribution >= 0.6 is 15.9 Å². The van der Waals surface area contributed by atoms with Gasteiger partial charge < -0.3 is 4.90 Å². The lowest BCUT2D eigenvalue weighted by Gasteiger charge is -2.22. The van der Waals surface area contributed by atoms with Crippen LogP contribution < -0.4 is 4.90 Å². The third-order valence-corrected chi connectivity index (χ3v) is 4.52. The Morgan fingerprint density at radius 2 is 2.05 bits per heavy atom. The third-order valence-electron chi connectivity index (χ3n) is 3.72. The molecule has 0 saturated carbocycles. The molecule has 0 unspecified atom stereocenters. The van der Waals surface area contributed by atoms with E-state index in [4.69, 9.17) is 0 Å². The second kappa shape index (κ2) is 6.65. The minimum absolute atomic E-state index is 0.0931. The summed E-state index contributed by atoms with van der Waals surface area (Å²) in [4.78, 5) is 14.6. The second-order valence-electron chi connectivity index (χ2n) is 5.79. The number of nitrogens with zero attached hydrogens (tertiary/aromatic N) is 2.